The number of anilines is 2. The van der Waals surface area contributed by atoms with E-state index < -0.39 is 17.8 Å². The summed E-state index contributed by atoms with van der Waals surface area (Å²) in [4.78, 5) is 16.6. The Kier molecular flexibility index (Phi) is 5.50. The first-order chi connectivity index (χ1) is 14.1. The molecule has 1 aromatic carbocycles. The molecule has 0 saturated carbocycles. The van der Waals surface area contributed by atoms with E-state index in [-0.39, 0.29) is 22.9 Å². The number of nitrogen functional groups attached to an aromatic ring is 1. The molecule has 0 aliphatic carbocycles. The molecule has 10 heteroatoms. The summed E-state index contributed by atoms with van der Waals surface area (Å²) in [6, 6.07) is 10.4. The van der Waals surface area contributed by atoms with E-state index >= 15 is 0 Å². The van der Waals surface area contributed by atoms with Crippen molar-refractivity contribution in [1.82, 2.24) is 14.8 Å². The summed E-state index contributed by atoms with van der Waals surface area (Å²) in [7, 11) is 2.85. The van der Waals surface area contributed by atoms with Gasteiger partial charge in [-0.2, -0.15) is 18.3 Å². The zero-order chi connectivity index (χ0) is 22.1. The number of halogens is 3. The lowest BCUT2D eigenvalue weighted by atomic mass is 10.1. The highest BCUT2D eigenvalue weighted by Crippen LogP contribution is 2.33. The van der Waals surface area contributed by atoms with E-state index in [2.05, 4.69) is 22.0 Å². The lowest BCUT2D eigenvalue weighted by molar-refractivity contribution is -0.141. The normalized spacial score (nSPS) is 11.2. The largest absolute Gasteiger partial charge is 0.497 e. The van der Waals surface area contributed by atoms with Crippen LogP contribution < -0.4 is 11.1 Å². The van der Waals surface area contributed by atoms with Gasteiger partial charge in [0, 0.05) is 23.7 Å². The minimum atomic E-state index is -4.57. The van der Waals surface area contributed by atoms with E-state index in [1.807, 2.05) is 0 Å². The molecular formula is C20H18F3N5O2. The number of carbonyl (C=O) groups excluding carboxylic acids is 1. The maximum atomic E-state index is 12.9. The molecule has 2 heterocycles. The van der Waals surface area contributed by atoms with Crippen LogP contribution in [0.1, 0.15) is 21.6 Å². The van der Waals surface area contributed by atoms with Crippen LogP contribution in [-0.2, 0) is 18.0 Å². The van der Waals surface area contributed by atoms with E-state index in [4.69, 9.17) is 10.5 Å². The number of nitrogens with one attached hydrogen (secondary N) is 1. The SMILES string of the molecule is C=C(OC)c1cccc(C(=O)Nc2ccc(-c3cc(C(F)(F)F)nn3C)c(N)n2)c1. The van der Waals surface area contributed by atoms with Crippen LogP contribution in [0.3, 0.4) is 0 Å². The second-order valence-corrected chi connectivity index (χ2v) is 6.33. The van der Waals surface area contributed by atoms with Gasteiger partial charge in [0.2, 0.25) is 0 Å². The highest BCUT2D eigenvalue weighted by Gasteiger charge is 2.35. The second kappa shape index (κ2) is 7.90. The molecule has 0 spiro atoms. The van der Waals surface area contributed by atoms with E-state index in [0.29, 0.717) is 16.9 Å². The van der Waals surface area contributed by atoms with Crippen LogP contribution in [0.25, 0.3) is 17.0 Å². The molecule has 1 amide bonds. The number of benzene rings is 1. The number of ether oxygens (including phenoxy) is 1. The topological polar surface area (TPSA) is 95.1 Å². The van der Waals surface area contributed by atoms with Crippen molar-refractivity contribution in [2.24, 2.45) is 7.05 Å². The zero-order valence-corrected chi connectivity index (χ0v) is 16.1. The fraction of sp³-hybridized carbons (Fsp3) is 0.150. The van der Waals surface area contributed by atoms with Crippen LogP contribution >= 0.6 is 0 Å². The van der Waals surface area contributed by atoms with Crippen LogP contribution in [0.4, 0.5) is 24.8 Å². The smallest absolute Gasteiger partial charge is 0.435 e. The summed E-state index contributed by atoms with van der Waals surface area (Å²) < 4.78 is 44.8. The lowest BCUT2D eigenvalue weighted by Gasteiger charge is -2.10. The number of hydrogen-bond donors (Lipinski definition) is 2. The third-order valence-corrected chi connectivity index (χ3v) is 4.31. The summed E-state index contributed by atoms with van der Waals surface area (Å²) in [5.74, 6) is 0.0625. The molecule has 156 valence electrons. The van der Waals surface area contributed by atoms with Crippen molar-refractivity contribution in [3.05, 3.63) is 65.9 Å². The summed E-state index contributed by atoms with van der Waals surface area (Å²) in [5.41, 5.74) is 6.29. The van der Waals surface area contributed by atoms with Gasteiger partial charge in [0.05, 0.1) is 12.8 Å². The molecule has 0 aliphatic heterocycles. The van der Waals surface area contributed by atoms with E-state index in [1.165, 1.54) is 26.3 Å². The maximum Gasteiger partial charge on any atom is 0.435 e. The Morgan fingerprint density at radius 2 is 1.90 bits per heavy atom. The van der Waals surface area contributed by atoms with Gasteiger partial charge in [-0.3, -0.25) is 9.48 Å². The van der Waals surface area contributed by atoms with Crippen molar-refractivity contribution in [2.75, 3.05) is 18.2 Å². The first kappa shape index (κ1) is 20.9. The van der Waals surface area contributed by atoms with Gasteiger partial charge >= 0.3 is 6.18 Å². The fourth-order valence-electron chi connectivity index (χ4n) is 2.76. The van der Waals surface area contributed by atoms with Gasteiger partial charge in [0.25, 0.3) is 5.91 Å². The van der Waals surface area contributed by atoms with Crippen molar-refractivity contribution >= 4 is 23.3 Å². The number of alkyl halides is 3. The number of methoxy groups -OCH3 is 1. The molecule has 3 rings (SSSR count). The molecule has 30 heavy (non-hydrogen) atoms. The highest BCUT2D eigenvalue weighted by molar-refractivity contribution is 6.04. The van der Waals surface area contributed by atoms with Crippen LogP contribution in [0.5, 0.6) is 0 Å². The summed E-state index contributed by atoms with van der Waals surface area (Å²) in [5, 5.41) is 6.06. The molecule has 0 unspecified atom stereocenters. The van der Waals surface area contributed by atoms with Crippen LogP contribution in [0.15, 0.2) is 49.0 Å². The number of amides is 1. The number of pyridine rings is 1. The quantitative estimate of drug-likeness (QED) is 0.613. The molecule has 0 bridgehead atoms. The Hall–Kier alpha value is -3.82. The molecule has 3 aromatic rings. The molecule has 0 fully saturated rings. The Labute approximate surface area is 170 Å². The minimum absolute atomic E-state index is 0.0500. The van der Waals surface area contributed by atoms with Crippen molar-refractivity contribution in [2.45, 2.75) is 6.18 Å². The Balaban J connectivity index is 1.84. The summed E-state index contributed by atoms with van der Waals surface area (Å²) in [6.07, 6.45) is -4.57. The maximum absolute atomic E-state index is 12.9. The first-order valence-electron chi connectivity index (χ1n) is 8.63. The third-order valence-electron chi connectivity index (χ3n) is 4.31. The van der Waals surface area contributed by atoms with Gasteiger partial charge < -0.3 is 15.8 Å². The van der Waals surface area contributed by atoms with Gasteiger partial charge in [0.15, 0.2) is 5.69 Å². The number of nitrogens with two attached hydrogens (primary N) is 1. The molecule has 0 aliphatic rings. The second-order valence-electron chi connectivity index (χ2n) is 6.33. The molecule has 0 atom stereocenters. The highest BCUT2D eigenvalue weighted by atomic mass is 19.4. The molecule has 0 saturated heterocycles. The van der Waals surface area contributed by atoms with Gasteiger partial charge in [-0.1, -0.05) is 18.7 Å². The number of aryl methyl sites for hydroxylation is 1. The van der Waals surface area contributed by atoms with Crippen molar-refractivity contribution < 1.29 is 22.7 Å². The Morgan fingerprint density at radius 3 is 2.50 bits per heavy atom. The average Bonchev–Trinajstić information content (AvgIpc) is 3.09. The minimum Gasteiger partial charge on any atom is -0.497 e. The van der Waals surface area contributed by atoms with Gasteiger partial charge in [-0.05, 0) is 30.3 Å². The van der Waals surface area contributed by atoms with E-state index in [9.17, 15) is 18.0 Å². The Morgan fingerprint density at radius 1 is 1.20 bits per heavy atom. The van der Waals surface area contributed by atoms with Crippen LogP contribution in [0.2, 0.25) is 0 Å². The zero-order valence-electron chi connectivity index (χ0n) is 16.1. The number of hydrogen-bond acceptors (Lipinski definition) is 5. The Bertz CT molecular complexity index is 1120. The summed E-state index contributed by atoms with van der Waals surface area (Å²) in [6.45, 7) is 3.74. The number of aromatic nitrogens is 3. The number of carbonyl (C=O) groups is 1. The first-order valence-corrected chi connectivity index (χ1v) is 8.63. The molecule has 7 nitrogen and oxygen atoms in total. The predicted octanol–water partition coefficient (Wildman–Crippen LogP) is 3.95. The number of nitrogens with zero attached hydrogens (tertiary/aromatic N) is 3. The average molecular weight is 417 g/mol. The molecule has 3 N–H and O–H groups in total. The summed E-state index contributed by atoms with van der Waals surface area (Å²) >= 11 is 0. The van der Waals surface area contributed by atoms with Crippen molar-refractivity contribution in [1.29, 1.82) is 0 Å². The van der Waals surface area contributed by atoms with Crippen molar-refractivity contribution in [3.8, 4) is 11.3 Å². The van der Waals surface area contributed by atoms with Gasteiger partial charge in [-0.25, -0.2) is 4.98 Å². The van der Waals surface area contributed by atoms with Crippen molar-refractivity contribution in [3.63, 3.8) is 0 Å². The van der Waals surface area contributed by atoms with Crippen LogP contribution in [-0.4, -0.2) is 27.8 Å². The fourth-order valence-corrected chi connectivity index (χ4v) is 2.76. The van der Waals surface area contributed by atoms with E-state index in [0.717, 1.165) is 10.7 Å². The van der Waals surface area contributed by atoms with E-state index in [1.54, 1.807) is 24.3 Å². The molecule has 0 radical (unpaired) electrons. The molecule has 2 aromatic heterocycles. The van der Waals surface area contributed by atoms with Gasteiger partial charge in [-0.15, -0.1) is 0 Å². The predicted molar refractivity (Wildman–Crippen MR) is 106 cm³/mol. The number of rotatable bonds is 5. The monoisotopic (exact) mass is 417 g/mol. The standard InChI is InChI=1S/C20H18F3N5O2/c1-11(30-3)12-5-4-6-13(9-12)19(29)26-17-8-7-14(18(24)25-17)15-10-16(20(21,22)23)27-28(15)2/h4-10H,1H2,2-3H3,(H3,24,25,26,29). The lowest BCUT2D eigenvalue weighted by Crippen LogP contribution is -2.14. The molecular weight excluding hydrogens is 399 g/mol. The van der Waals surface area contributed by atoms with Crippen LogP contribution in [0, 0.1) is 0 Å². The third kappa shape index (κ3) is 4.27. The van der Waals surface area contributed by atoms with Gasteiger partial charge in [0.1, 0.15) is 17.4 Å².